The van der Waals surface area contributed by atoms with Gasteiger partial charge in [-0.05, 0) is 51.1 Å². The molecule has 1 unspecified atom stereocenters. The van der Waals surface area contributed by atoms with Gasteiger partial charge in [0.1, 0.15) is 11.2 Å². The first-order chi connectivity index (χ1) is 15.7. The molecule has 4 aromatic carbocycles. The summed E-state index contributed by atoms with van der Waals surface area (Å²) in [7, 11) is 0. The molecule has 6 rings (SSSR count). The monoisotopic (exact) mass is 414 g/mol. The van der Waals surface area contributed by atoms with Gasteiger partial charge >= 0.3 is 0 Å². The van der Waals surface area contributed by atoms with E-state index in [4.69, 9.17) is 0 Å². The number of benzene rings is 4. The molecular formula is C30H19FO. The maximum absolute atomic E-state index is 15.6. The summed E-state index contributed by atoms with van der Waals surface area (Å²) in [6.45, 7) is 0. The maximum Gasteiger partial charge on any atom is 0.175 e. The molecular weight excluding hydrogens is 395 g/mol. The second-order valence-corrected chi connectivity index (χ2v) is 8.18. The number of carbonyl (C=O) groups excluding carboxylic acids is 1. The number of fused-ring (bicyclic) bond motifs is 4. The van der Waals surface area contributed by atoms with Crippen LogP contribution in [0.2, 0.25) is 0 Å². The summed E-state index contributed by atoms with van der Waals surface area (Å²) in [6.07, 6.45) is 3.51. The van der Waals surface area contributed by atoms with Crippen LogP contribution in [0, 0.1) is 5.82 Å². The molecule has 2 heteroatoms. The lowest BCUT2D eigenvalue weighted by Crippen LogP contribution is -2.38. The van der Waals surface area contributed by atoms with E-state index in [1.165, 1.54) is 6.07 Å². The Bertz CT molecular complexity index is 1430. The molecule has 32 heavy (non-hydrogen) atoms. The fraction of sp³-hybridized carbons (Fsp3) is 0.0333. The van der Waals surface area contributed by atoms with Crippen LogP contribution in [0.4, 0.5) is 4.39 Å². The first-order valence-electron chi connectivity index (χ1n) is 10.7. The quantitative estimate of drug-likeness (QED) is 0.358. The van der Waals surface area contributed by atoms with Crippen molar-refractivity contribution in [2.45, 2.75) is 5.41 Å². The summed E-state index contributed by atoms with van der Waals surface area (Å²) in [5, 5.41) is 0. The molecule has 0 radical (unpaired) electrons. The zero-order chi connectivity index (χ0) is 21.7. The van der Waals surface area contributed by atoms with E-state index < -0.39 is 5.41 Å². The molecule has 1 nitrogen and oxygen atoms in total. The molecule has 152 valence electrons. The van der Waals surface area contributed by atoms with Crippen LogP contribution in [-0.2, 0) is 10.2 Å². The number of halogens is 1. The second-order valence-electron chi connectivity index (χ2n) is 8.18. The van der Waals surface area contributed by atoms with Crippen molar-refractivity contribution in [1.82, 2.24) is 0 Å². The minimum absolute atomic E-state index is 0.0483. The SMILES string of the molecule is O=C1C=Cc2ccccc2C12C(c1ccccc1)=C(c1ccccc1)c1c(F)cccc12. The topological polar surface area (TPSA) is 17.1 Å². The highest BCUT2D eigenvalue weighted by Gasteiger charge is 2.54. The second kappa shape index (κ2) is 7.00. The fourth-order valence-corrected chi connectivity index (χ4v) is 5.34. The molecule has 0 aromatic heterocycles. The van der Waals surface area contributed by atoms with Gasteiger partial charge in [-0.25, -0.2) is 4.39 Å². The molecule has 2 aliphatic carbocycles. The number of rotatable bonds is 2. The first kappa shape index (κ1) is 18.7. The van der Waals surface area contributed by atoms with Crippen LogP contribution in [0.3, 0.4) is 0 Å². The van der Waals surface area contributed by atoms with Crippen molar-refractivity contribution in [2.24, 2.45) is 0 Å². The highest BCUT2D eigenvalue weighted by Crippen LogP contribution is 2.59. The summed E-state index contributed by atoms with van der Waals surface area (Å²) in [6, 6.07) is 32.8. The van der Waals surface area contributed by atoms with E-state index in [0.29, 0.717) is 11.1 Å². The Balaban J connectivity index is 1.86. The van der Waals surface area contributed by atoms with Crippen molar-refractivity contribution in [3.63, 3.8) is 0 Å². The van der Waals surface area contributed by atoms with Gasteiger partial charge in [-0.2, -0.15) is 0 Å². The molecule has 0 amide bonds. The van der Waals surface area contributed by atoms with Gasteiger partial charge in [-0.3, -0.25) is 4.79 Å². The number of ketones is 1. The van der Waals surface area contributed by atoms with Crippen LogP contribution in [0.25, 0.3) is 17.2 Å². The molecule has 0 heterocycles. The lowest BCUT2D eigenvalue weighted by atomic mass is 9.63. The Kier molecular flexibility index (Phi) is 4.09. The van der Waals surface area contributed by atoms with Crippen molar-refractivity contribution in [3.8, 4) is 0 Å². The lowest BCUT2D eigenvalue weighted by molar-refractivity contribution is -0.116. The first-order valence-corrected chi connectivity index (χ1v) is 10.7. The fourth-order valence-electron chi connectivity index (χ4n) is 5.34. The summed E-state index contributed by atoms with van der Waals surface area (Å²) in [5.74, 6) is -0.362. The molecule has 0 saturated carbocycles. The van der Waals surface area contributed by atoms with Gasteiger partial charge in [-0.1, -0.05) is 103 Å². The Hall–Kier alpha value is -4.04. The smallest absolute Gasteiger partial charge is 0.175 e. The zero-order valence-corrected chi connectivity index (χ0v) is 17.3. The standard InChI is InChI=1S/C30H19FO/c31-25-17-9-16-24-28(25)27(21-11-3-1-4-12-21)29(22-13-5-2-6-14-22)30(24)23-15-8-7-10-20(23)18-19-26(30)32/h1-19H. The predicted octanol–water partition coefficient (Wildman–Crippen LogP) is 6.68. The zero-order valence-electron chi connectivity index (χ0n) is 17.3. The molecule has 4 aromatic rings. The summed E-state index contributed by atoms with van der Waals surface area (Å²) < 4.78 is 15.6. The van der Waals surface area contributed by atoms with Gasteiger partial charge in [-0.15, -0.1) is 0 Å². The van der Waals surface area contributed by atoms with Gasteiger partial charge in [0.25, 0.3) is 0 Å². The molecule has 1 spiro atoms. The van der Waals surface area contributed by atoms with Crippen LogP contribution >= 0.6 is 0 Å². The summed E-state index contributed by atoms with van der Waals surface area (Å²) in [4.78, 5) is 14.0. The van der Waals surface area contributed by atoms with Crippen LogP contribution in [0.5, 0.6) is 0 Å². The summed E-state index contributed by atoms with van der Waals surface area (Å²) >= 11 is 0. The predicted molar refractivity (Wildman–Crippen MR) is 126 cm³/mol. The van der Waals surface area contributed by atoms with E-state index >= 15 is 4.39 Å². The van der Waals surface area contributed by atoms with E-state index in [2.05, 4.69) is 0 Å². The van der Waals surface area contributed by atoms with Crippen molar-refractivity contribution in [1.29, 1.82) is 0 Å². The van der Waals surface area contributed by atoms with Crippen molar-refractivity contribution < 1.29 is 9.18 Å². The van der Waals surface area contributed by atoms with E-state index in [1.807, 2.05) is 97.1 Å². The third kappa shape index (κ3) is 2.41. The molecule has 0 saturated heterocycles. The molecule has 0 bridgehead atoms. The van der Waals surface area contributed by atoms with Crippen LogP contribution in [0.1, 0.15) is 33.4 Å². The van der Waals surface area contributed by atoms with Gasteiger partial charge in [0, 0.05) is 5.56 Å². The largest absolute Gasteiger partial charge is 0.293 e. The maximum atomic E-state index is 15.6. The third-order valence-corrected chi connectivity index (χ3v) is 6.57. The Morgan fingerprint density at radius 2 is 1.22 bits per heavy atom. The van der Waals surface area contributed by atoms with E-state index in [1.54, 1.807) is 12.1 Å². The van der Waals surface area contributed by atoms with E-state index in [0.717, 1.165) is 33.4 Å². The minimum atomic E-state index is -1.10. The molecule has 1 atom stereocenters. The number of hydrogen-bond acceptors (Lipinski definition) is 1. The van der Waals surface area contributed by atoms with Crippen molar-refractivity contribution >= 4 is 23.0 Å². The van der Waals surface area contributed by atoms with Gasteiger partial charge in [0.05, 0.1) is 0 Å². The van der Waals surface area contributed by atoms with Gasteiger partial charge in [0.2, 0.25) is 0 Å². The van der Waals surface area contributed by atoms with Gasteiger partial charge < -0.3 is 0 Å². The summed E-state index contributed by atoms with van der Waals surface area (Å²) in [5.41, 5.74) is 5.42. The van der Waals surface area contributed by atoms with E-state index in [-0.39, 0.29) is 11.6 Å². The van der Waals surface area contributed by atoms with Gasteiger partial charge in [0.15, 0.2) is 5.78 Å². The number of carbonyl (C=O) groups is 1. The Labute approximate surface area is 186 Å². The van der Waals surface area contributed by atoms with Crippen molar-refractivity contribution in [3.05, 3.63) is 148 Å². The molecule has 0 N–H and O–H groups in total. The average molecular weight is 414 g/mol. The third-order valence-electron chi connectivity index (χ3n) is 6.57. The minimum Gasteiger partial charge on any atom is -0.293 e. The Morgan fingerprint density at radius 1 is 0.594 bits per heavy atom. The average Bonchev–Trinajstić information content (AvgIpc) is 3.16. The van der Waals surface area contributed by atoms with Crippen LogP contribution in [-0.4, -0.2) is 5.78 Å². The van der Waals surface area contributed by atoms with Crippen LogP contribution < -0.4 is 0 Å². The Morgan fingerprint density at radius 3 is 1.97 bits per heavy atom. The lowest BCUT2D eigenvalue weighted by Gasteiger charge is -2.36. The van der Waals surface area contributed by atoms with Crippen molar-refractivity contribution in [2.75, 3.05) is 0 Å². The molecule has 2 aliphatic rings. The number of allylic oxidation sites excluding steroid dienone is 2. The normalized spacial score (nSPS) is 18.7. The highest BCUT2D eigenvalue weighted by molar-refractivity contribution is 6.24. The number of hydrogen-bond donors (Lipinski definition) is 0. The highest BCUT2D eigenvalue weighted by atomic mass is 19.1. The molecule has 0 fully saturated rings. The van der Waals surface area contributed by atoms with Crippen LogP contribution in [0.15, 0.2) is 109 Å². The molecule has 0 aliphatic heterocycles. The van der Waals surface area contributed by atoms with E-state index in [9.17, 15) is 4.79 Å².